The van der Waals surface area contributed by atoms with E-state index in [2.05, 4.69) is 5.32 Å². The van der Waals surface area contributed by atoms with Crippen molar-refractivity contribution in [1.82, 2.24) is 0 Å². The van der Waals surface area contributed by atoms with Crippen molar-refractivity contribution >= 4 is 11.7 Å². The highest BCUT2D eigenvalue weighted by molar-refractivity contribution is 5.94. The van der Waals surface area contributed by atoms with Crippen LogP contribution in [-0.4, -0.2) is 23.3 Å². The molecule has 0 spiro atoms. The number of carboxylic acids is 1. The van der Waals surface area contributed by atoms with Crippen molar-refractivity contribution in [3.8, 4) is 0 Å². The van der Waals surface area contributed by atoms with E-state index >= 15 is 0 Å². The third-order valence-corrected chi connectivity index (χ3v) is 3.65. The van der Waals surface area contributed by atoms with Gasteiger partial charge in [0.2, 0.25) is 0 Å². The van der Waals surface area contributed by atoms with E-state index in [4.69, 9.17) is 5.11 Å². The molecule has 0 saturated heterocycles. The summed E-state index contributed by atoms with van der Waals surface area (Å²) in [6.45, 7) is 0. The smallest absolute Gasteiger partial charge is 0.391 e. The highest BCUT2D eigenvalue weighted by Gasteiger charge is 2.42. The van der Waals surface area contributed by atoms with Gasteiger partial charge in [0, 0.05) is 11.7 Å². The Labute approximate surface area is 114 Å². The Morgan fingerprint density at radius 3 is 2.60 bits per heavy atom. The van der Waals surface area contributed by atoms with Crippen LogP contribution in [0.2, 0.25) is 0 Å². The molecule has 2 atom stereocenters. The summed E-state index contributed by atoms with van der Waals surface area (Å²) < 4.78 is 38.2. The minimum Gasteiger partial charge on any atom is -0.478 e. The summed E-state index contributed by atoms with van der Waals surface area (Å²) in [5, 5.41) is 12.0. The van der Waals surface area contributed by atoms with Crippen LogP contribution in [0.15, 0.2) is 24.3 Å². The number of alkyl halides is 3. The normalized spacial score (nSPS) is 23.4. The van der Waals surface area contributed by atoms with Crippen LogP contribution in [-0.2, 0) is 0 Å². The number of carboxylic acid groups (broad SMARTS) is 1. The minimum atomic E-state index is -4.17. The third kappa shape index (κ3) is 3.43. The summed E-state index contributed by atoms with van der Waals surface area (Å²) in [4.78, 5) is 11.1. The Balaban J connectivity index is 2.09. The van der Waals surface area contributed by atoms with Gasteiger partial charge >= 0.3 is 12.1 Å². The first kappa shape index (κ1) is 14.7. The molecule has 2 unspecified atom stereocenters. The van der Waals surface area contributed by atoms with Crippen LogP contribution < -0.4 is 5.32 Å². The zero-order valence-electron chi connectivity index (χ0n) is 10.8. The van der Waals surface area contributed by atoms with Crippen molar-refractivity contribution in [3.05, 3.63) is 29.8 Å². The Hall–Kier alpha value is -1.72. The third-order valence-electron chi connectivity index (χ3n) is 3.65. The lowest BCUT2D eigenvalue weighted by Gasteiger charge is -2.31. The van der Waals surface area contributed by atoms with Gasteiger partial charge in [0.25, 0.3) is 0 Å². The number of hydrogen-bond acceptors (Lipinski definition) is 2. The van der Waals surface area contributed by atoms with Crippen molar-refractivity contribution < 1.29 is 23.1 Å². The number of carbonyl (C=O) groups is 1. The van der Waals surface area contributed by atoms with E-state index in [0.29, 0.717) is 18.5 Å². The van der Waals surface area contributed by atoms with E-state index in [9.17, 15) is 18.0 Å². The van der Waals surface area contributed by atoms with E-state index in [0.717, 1.165) is 0 Å². The molecule has 1 saturated carbocycles. The maximum Gasteiger partial charge on any atom is 0.391 e. The van der Waals surface area contributed by atoms with Gasteiger partial charge in [-0.1, -0.05) is 18.6 Å². The van der Waals surface area contributed by atoms with Gasteiger partial charge in [-0.05, 0) is 31.4 Å². The topological polar surface area (TPSA) is 49.3 Å². The maximum absolute atomic E-state index is 12.7. The molecule has 0 aliphatic heterocycles. The van der Waals surface area contributed by atoms with Gasteiger partial charge in [-0.3, -0.25) is 0 Å². The Morgan fingerprint density at radius 1 is 1.25 bits per heavy atom. The zero-order valence-corrected chi connectivity index (χ0v) is 10.8. The van der Waals surface area contributed by atoms with Crippen molar-refractivity contribution in [2.45, 2.75) is 37.9 Å². The number of nitrogens with one attached hydrogen (secondary N) is 1. The fourth-order valence-corrected chi connectivity index (χ4v) is 2.63. The van der Waals surface area contributed by atoms with E-state index in [1.807, 2.05) is 0 Å². The predicted molar refractivity (Wildman–Crippen MR) is 68.8 cm³/mol. The van der Waals surface area contributed by atoms with E-state index < -0.39 is 18.1 Å². The van der Waals surface area contributed by atoms with Gasteiger partial charge in [-0.15, -0.1) is 0 Å². The van der Waals surface area contributed by atoms with Gasteiger partial charge in [-0.2, -0.15) is 13.2 Å². The molecule has 0 amide bonds. The lowest BCUT2D eigenvalue weighted by Crippen LogP contribution is -2.34. The van der Waals surface area contributed by atoms with E-state index in [-0.39, 0.29) is 24.4 Å². The van der Waals surface area contributed by atoms with Gasteiger partial charge < -0.3 is 10.4 Å². The van der Waals surface area contributed by atoms with Crippen LogP contribution in [0.3, 0.4) is 0 Å². The molecule has 0 radical (unpaired) electrons. The number of anilines is 1. The van der Waals surface area contributed by atoms with E-state index in [1.54, 1.807) is 18.2 Å². The molecule has 2 N–H and O–H groups in total. The van der Waals surface area contributed by atoms with Crippen LogP contribution in [0.4, 0.5) is 18.9 Å². The van der Waals surface area contributed by atoms with Crippen LogP contribution in [0.25, 0.3) is 0 Å². The molecule has 0 bridgehead atoms. The maximum atomic E-state index is 12.7. The molecule has 3 nitrogen and oxygen atoms in total. The molecule has 0 aromatic heterocycles. The minimum absolute atomic E-state index is 0.00253. The summed E-state index contributed by atoms with van der Waals surface area (Å²) in [5.41, 5.74) is 0.467. The summed E-state index contributed by atoms with van der Waals surface area (Å²) in [6.07, 6.45) is -2.90. The quantitative estimate of drug-likeness (QED) is 0.886. The number of para-hydroxylation sites is 1. The van der Waals surface area contributed by atoms with Crippen molar-refractivity contribution in [1.29, 1.82) is 0 Å². The fraction of sp³-hybridized carbons (Fsp3) is 0.500. The molecular formula is C14H16F3NO2. The van der Waals surface area contributed by atoms with Gasteiger partial charge in [0.05, 0.1) is 11.5 Å². The van der Waals surface area contributed by atoms with Gasteiger partial charge in [-0.25, -0.2) is 4.79 Å². The first-order chi connectivity index (χ1) is 9.38. The molecule has 1 aromatic rings. The second-order valence-electron chi connectivity index (χ2n) is 5.10. The number of hydrogen-bond donors (Lipinski definition) is 2. The van der Waals surface area contributed by atoms with Crippen LogP contribution in [0.5, 0.6) is 0 Å². The molecule has 1 aliphatic carbocycles. The highest BCUT2D eigenvalue weighted by Crippen LogP contribution is 2.38. The monoisotopic (exact) mass is 287 g/mol. The van der Waals surface area contributed by atoms with Crippen LogP contribution in [0, 0.1) is 5.92 Å². The second-order valence-corrected chi connectivity index (χ2v) is 5.10. The first-order valence-electron chi connectivity index (χ1n) is 6.53. The summed E-state index contributed by atoms with van der Waals surface area (Å²) in [7, 11) is 0. The lowest BCUT2D eigenvalue weighted by molar-refractivity contribution is -0.182. The molecule has 1 fully saturated rings. The van der Waals surface area contributed by atoms with Gasteiger partial charge in [0.1, 0.15) is 0 Å². The Kier molecular flexibility index (Phi) is 4.20. The van der Waals surface area contributed by atoms with Crippen molar-refractivity contribution in [3.63, 3.8) is 0 Å². The van der Waals surface area contributed by atoms with Crippen molar-refractivity contribution in [2.75, 3.05) is 5.32 Å². The molecule has 1 aliphatic rings. The molecule has 6 heteroatoms. The van der Waals surface area contributed by atoms with E-state index in [1.165, 1.54) is 6.07 Å². The standard InChI is InChI=1S/C14H16F3NO2/c15-14(16,17)9-4-3-5-10(8-9)18-12-7-2-1-6-11(12)13(19)20/h1-2,6-7,9-10,18H,3-5,8H2,(H,19,20). The molecule has 0 heterocycles. The van der Waals surface area contributed by atoms with Crippen LogP contribution in [0.1, 0.15) is 36.0 Å². The average molecular weight is 287 g/mol. The van der Waals surface area contributed by atoms with Gasteiger partial charge in [0.15, 0.2) is 0 Å². The largest absolute Gasteiger partial charge is 0.478 e. The summed E-state index contributed by atoms with van der Waals surface area (Å²) in [5.74, 6) is -2.39. The van der Waals surface area contributed by atoms with Crippen LogP contribution >= 0.6 is 0 Å². The average Bonchev–Trinajstić information content (AvgIpc) is 2.38. The number of halogens is 3. The fourth-order valence-electron chi connectivity index (χ4n) is 2.63. The molecular weight excluding hydrogens is 271 g/mol. The Bertz CT molecular complexity index is 488. The number of aromatic carboxylic acids is 1. The molecule has 1 aromatic carbocycles. The Morgan fingerprint density at radius 2 is 1.95 bits per heavy atom. The second kappa shape index (κ2) is 5.73. The highest BCUT2D eigenvalue weighted by atomic mass is 19.4. The van der Waals surface area contributed by atoms with Crippen molar-refractivity contribution in [2.24, 2.45) is 5.92 Å². The summed E-state index contributed by atoms with van der Waals surface area (Å²) >= 11 is 0. The SMILES string of the molecule is O=C(O)c1ccccc1NC1CCCC(C(F)(F)F)C1. The first-order valence-corrected chi connectivity index (χ1v) is 6.53. The zero-order chi connectivity index (χ0) is 14.8. The number of benzene rings is 1. The summed E-state index contributed by atoms with van der Waals surface area (Å²) in [6, 6.07) is 5.94. The number of rotatable bonds is 3. The molecule has 20 heavy (non-hydrogen) atoms. The lowest BCUT2D eigenvalue weighted by atomic mass is 9.85. The molecule has 2 rings (SSSR count). The predicted octanol–water partition coefficient (Wildman–Crippen LogP) is 3.92. The molecule has 110 valence electrons.